The molecule has 0 amide bonds. The van der Waals surface area contributed by atoms with E-state index in [-0.39, 0.29) is 0 Å². The number of aromatic nitrogens is 4. The molecule has 2 heterocycles. The molecule has 7 nitrogen and oxygen atoms in total. The lowest BCUT2D eigenvalue weighted by Gasteiger charge is -2.13. The molecule has 0 unspecified atom stereocenters. The van der Waals surface area contributed by atoms with Crippen LogP contribution in [0.3, 0.4) is 0 Å². The zero-order chi connectivity index (χ0) is 14.4. The second-order valence-electron chi connectivity index (χ2n) is 4.57. The van der Waals surface area contributed by atoms with Crippen molar-refractivity contribution < 1.29 is 0 Å². The summed E-state index contributed by atoms with van der Waals surface area (Å²) >= 11 is 0. The van der Waals surface area contributed by atoms with Gasteiger partial charge in [0.25, 0.3) is 0 Å². The molecule has 2 aromatic rings. The van der Waals surface area contributed by atoms with Gasteiger partial charge in [-0.1, -0.05) is 13.3 Å². The van der Waals surface area contributed by atoms with Gasteiger partial charge >= 0.3 is 0 Å². The van der Waals surface area contributed by atoms with E-state index < -0.39 is 0 Å². The first-order valence-electron chi connectivity index (χ1n) is 6.76. The summed E-state index contributed by atoms with van der Waals surface area (Å²) in [7, 11) is 1.99. The van der Waals surface area contributed by atoms with Gasteiger partial charge in [-0.25, -0.2) is 20.8 Å². The Morgan fingerprint density at radius 3 is 2.65 bits per heavy atom. The molecule has 0 aromatic carbocycles. The molecule has 2 rings (SSSR count). The van der Waals surface area contributed by atoms with Crippen molar-refractivity contribution in [1.82, 2.24) is 19.5 Å². The second kappa shape index (κ2) is 6.85. The van der Waals surface area contributed by atoms with Crippen LogP contribution < -0.4 is 16.6 Å². The molecule has 0 radical (unpaired) electrons. The molecule has 0 aliphatic rings. The first-order chi connectivity index (χ1) is 9.76. The fraction of sp³-hybridized carbons (Fsp3) is 0.462. The van der Waals surface area contributed by atoms with Gasteiger partial charge in [0.2, 0.25) is 0 Å². The van der Waals surface area contributed by atoms with Gasteiger partial charge in [-0.05, 0) is 6.42 Å². The summed E-state index contributed by atoms with van der Waals surface area (Å²) in [4.78, 5) is 12.7. The van der Waals surface area contributed by atoms with E-state index >= 15 is 0 Å². The normalized spacial score (nSPS) is 10.6. The molecule has 0 atom stereocenters. The van der Waals surface area contributed by atoms with E-state index in [1.54, 1.807) is 6.20 Å². The van der Waals surface area contributed by atoms with Crippen LogP contribution in [-0.2, 0) is 19.9 Å². The highest BCUT2D eigenvalue weighted by atomic mass is 15.3. The third kappa shape index (κ3) is 3.24. The first kappa shape index (κ1) is 14.3. The van der Waals surface area contributed by atoms with Gasteiger partial charge in [0, 0.05) is 38.0 Å². The summed E-state index contributed by atoms with van der Waals surface area (Å²) in [5.74, 6) is 8.06. The van der Waals surface area contributed by atoms with Crippen LogP contribution in [0.2, 0.25) is 0 Å². The molecule has 0 fully saturated rings. The highest BCUT2D eigenvalue weighted by molar-refractivity contribution is 5.56. The van der Waals surface area contributed by atoms with Crippen LogP contribution in [0.4, 0.5) is 11.6 Å². The quantitative estimate of drug-likeness (QED) is 0.517. The van der Waals surface area contributed by atoms with Crippen LogP contribution in [0, 0.1) is 0 Å². The van der Waals surface area contributed by atoms with Crippen molar-refractivity contribution in [3.8, 4) is 0 Å². The Labute approximate surface area is 118 Å². The van der Waals surface area contributed by atoms with Crippen LogP contribution in [0.25, 0.3) is 0 Å². The number of rotatable bonds is 7. The van der Waals surface area contributed by atoms with Gasteiger partial charge < -0.3 is 15.3 Å². The van der Waals surface area contributed by atoms with Crippen LogP contribution in [0.5, 0.6) is 0 Å². The Bertz CT molecular complexity index is 549. The number of hydrogen-bond acceptors (Lipinski definition) is 6. The average Bonchev–Trinajstić information content (AvgIpc) is 2.86. The maximum Gasteiger partial charge on any atom is 0.148 e. The van der Waals surface area contributed by atoms with Crippen LogP contribution >= 0.6 is 0 Å². The minimum absolute atomic E-state index is 0.682. The van der Waals surface area contributed by atoms with E-state index in [1.807, 2.05) is 17.8 Å². The molecule has 20 heavy (non-hydrogen) atoms. The molecule has 0 spiro atoms. The minimum atomic E-state index is 0.682. The van der Waals surface area contributed by atoms with E-state index in [4.69, 9.17) is 5.84 Å². The fourth-order valence-corrected chi connectivity index (χ4v) is 2.11. The smallest absolute Gasteiger partial charge is 0.148 e. The number of aryl methyl sites for hydroxylation is 1. The lowest BCUT2D eigenvalue weighted by molar-refractivity contribution is 0.786. The van der Waals surface area contributed by atoms with Gasteiger partial charge in [-0.2, -0.15) is 0 Å². The van der Waals surface area contributed by atoms with Gasteiger partial charge in [0.15, 0.2) is 0 Å². The summed E-state index contributed by atoms with van der Waals surface area (Å²) < 4.78 is 2.02. The molecule has 0 aliphatic heterocycles. The Balaban J connectivity index is 2.03. The lowest BCUT2D eigenvalue weighted by atomic mass is 10.1. The van der Waals surface area contributed by atoms with Crippen molar-refractivity contribution in [2.45, 2.75) is 26.2 Å². The summed E-state index contributed by atoms with van der Waals surface area (Å²) in [5.41, 5.74) is 3.65. The van der Waals surface area contributed by atoms with Gasteiger partial charge in [-0.3, -0.25) is 0 Å². The summed E-state index contributed by atoms with van der Waals surface area (Å²) in [6, 6.07) is 0. The Hall–Kier alpha value is -2.15. The number of hydrogen-bond donors (Lipinski definition) is 3. The SMILES string of the molecule is CCCc1c(NN)ncnc1NCCc1nccn1C. The monoisotopic (exact) mass is 275 g/mol. The largest absolute Gasteiger partial charge is 0.369 e. The summed E-state index contributed by atoms with van der Waals surface area (Å²) in [5, 5.41) is 3.34. The van der Waals surface area contributed by atoms with E-state index in [2.05, 4.69) is 32.6 Å². The topological polar surface area (TPSA) is 93.7 Å². The summed E-state index contributed by atoms with van der Waals surface area (Å²) in [6.45, 7) is 2.88. The highest BCUT2D eigenvalue weighted by Gasteiger charge is 2.09. The average molecular weight is 275 g/mol. The molecule has 108 valence electrons. The predicted octanol–water partition coefficient (Wildman–Crippen LogP) is 1.10. The number of nitrogens with one attached hydrogen (secondary N) is 2. The first-order valence-corrected chi connectivity index (χ1v) is 6.76. The number of hydrazine groups is 1. The lowest BCUT2D eigenvalue weighted by Crippen LogP contribution is -2.16. The molecule has 2 aromatic heterocycles. The van der Waals surface area contributed by atoms with Crippen molar-refractivity contribution >= 4 is 11.6 Å². The molecule has 0 saturated carbocycles. The number of nitrogens with two attached hydrogens (primary N) is 1. The van der Waals surface area contributed by atoms with Crippen molar-refractivity contribution in [2.75, 3.05) is 17.3 Å². The van der Waals surface area contributed by atoms with Gasteiger partial charge in [-0.15, -0.1) is 0 Å². The standard InChI is InChI=1S/C13H21N7/c1-3-4-10-12(17-9-18-13(10)19-14)16-6-5-11-15-7-8-20(11)2/h7-9H,3-6,14H2,1-2H3,(H2,16,17,18,19). The van der Waals surface area contributed by atoms with Crippen LogP contribution in [0.1, 0.15) is 24.7 Å². The van der Waals surface area contributed by atoms with Crippen LogP contribution in [-0.4, -0.2) is 26.1 Å². The molecule has 0 aliphatic carbocycles. The Morgan fingerprint density at radius 2 is 2.00 bits per heavy atom. The predicted molar refractivity (Wildman–Crippen MR) is 79.2 cm³/mol. The number of nitrogen functional groups attached to an aromatic ring is 1. The number of anilines is 2. The highest BCUT2D eigenvalue weighted by Crippen LogP contribution is 2.20. The van der Waals surface area contributed by atoms with Gasteiger partial charge in [0.1, 0.15) is 23.8 Å². The third-order valence-electron chi connectivity index (χ3n) is 3.14. The Morgan fingerprint density at radius 1 is 1.20 bits per heavy atom. The maximum atomic E-state index is 5.49. The molecular weight excluding hydrogens is 254 g/mol. The zero-order valence-corrected chi connectivity index (χ0v) is 11.9. The molecule has 0 bridgehead atoms. The zero-order valence-electron chi connectivity index (χ0n) is 11.9. The van der Waals surface area contributed by atoms with E-state index in [0.717, 1.165) is 43.0 Å². The van der Waals surface area contributed by atoms with Crippen molar-refractivity contribution in [3.05, 3.63) is 30.1 Å². The number of nitrogens with zero attached hydrogens (tertiary/aromatic N) is 4. The van der Waals surface area contributed by atoms with Crippen LogP contribution in [0.15, 0.2) is 18.7 Å². The molecule has 4 N–H and O–H groups in total. The third-order valence-corrected chi connectivity index (χ3v) is 3.14. The van der Waals surface area contributed by atoms with Crippen molar-refractivity contribution in [2.24, 2.45) is 12.9 Å². The van der Waals surface area contributed by atoms with E-state index in [9.17, 15) is 0 Å². The maximum absolute atomic E-state index is 5.49. The van der Waals surface area contributed by atoms with Gasteiger partial charge in [0.05, 0.1) is 0 Å². The fourth-order valence-electron chi connectivity index (χ4n) is 2.11. The van der Waals surface area contributed by atoms with Crippen molar-refractivity contribution in [3.63, 3.8) is 0 Å². The van der Waals surface area contributed by atoms with Crippen molar-refractivity contribution in [1.29, 1.82) is 0 Å². The molecule has 0 saturated heterocycles. The van der Waals surface area contributed by atoms with E-state index in [0.29, 0.717) is 5.82 Å². The number of imidazole rings is 1. The van der Waals surface area contributed by atoms with E-state index in [1.165, 1.54) is 6.33 Å². The Kier molecular flexibility index (Phi) is 4.89. The molecule has 7 heteroatoms. The minimum Gasteiger partial charge on any atom is -0.369 e. The molecular formula is C13H21N7. The second-order valence-corrected chi connectivity index (χ2v) is 4.57. The summed E-state index contributed by atoms with van der Waals surface area (Å²) in [6.07, 6.45) is 7.99.